The molecule has 0 aliphatic carbocycles. The molecule has 0 aliphatic rings. The minimum Gasteiger partial charge on any atom is -0.344 e. The van der Waals surface area contributed by atoms with Crippen LogP contribution < -0.4 is 10.6 Å². The fourth-order valence-electron chi connectivity index (χ4n) is 1.16. The molecule has 0 fully saturated rings. The molecule has 2 amide bonds. The highest BCUT2D eigenvalue weighted by molar-refractivity contribution is 5.97. The third-order valence-electron chi connectivity index (χ3n) is 2.37. The van der Waals surface area contributed by atoms with Gasteiger partial charge >= 0.3 is 0 Å². The third-order valence-corrected chi connectivity index (χ3v) is 2.37. The highest BCUT2D eigenvalue weighted by atomic mass is 16.2. The van der Waals surface area contributed by atoms with Crippen molar-refractivity contribution in [2.24, 2.45) is 5.41 Å². The van der Waals surface area contributed by atoms with Gasteiger partial charge in [0.1, 0.15) is 6.04 Å². The number of anilines is 1. The van der Waals surface area contributed by atoms with E-state index in [0.717, 1.165) is 0 Å². The summed E-state index contributed by atoms with van der Waals surface area (Å²) in [6, 6.07) is 2.80. The van der Waals surface area contributed by atoms with Crippen molar-refractivity contribution in [1.29, 1.82) is 0 Å². The molecule has 1 atom stereocenters. The Morgan fingerprint density at radius 1 is 1.22 bits per heavy atom. The maximum Gasteiger partial charge on any atom is 0.246 e. The van der Waals surface area contributed by atoms with E-state index in [-0.39, 0.29) is 11.8 Å². The fourth-order valence-corrected chi connectivity index (χ4v) is 1.16. The van der Waals surface area contributed by atoms with Gasteiger partial charge in [0.2, 0.25) is 11.8 Å². The first-order valence-corrected chi connectivity index (χ1v) is 5.82. The largest absolute Gasteiger partial charge is 0.344 e. The summed E-state index contributed by atoms with van der Waals surface area (Å²) in [5, 5.41) is 5.38. The topological polar surface area (TPSA) is 71.1 Å². The Labute approximate surface area is 107 Å². The third kappa shape index (κ3) is 4.16. The smallest absolute Gasteiger partial charge is 0.246 e. The Kier molecular flexibility index (Phi) is 4.42. The molecule has 2 N–H and O–H groups in total. The average molecular weight is 249 g/mol. The normalized spacial score (nSPS) is 12.7. The van der Waals surface area contributed by atoms with E-state index in [0.29, 0.717) is 5.69 Å². The van der Waals surface area contributed by atoms with E-state index in [1.165, 1.54) is 0 Å². The van der Waals surface area contributed by atoms with Crippen molar-refractivity contribution >= 4 is 17.5 Å². The van der Waals surface area contributed by atoms with Crippen LogP contribution in [-0.4, -0.2) is 22.8 Å². The molecule has 0 saturated carbocycles. The molecule has 1 aromatic rings. The van der Waals surface area contributed by atoms with Gasteiger partial charge < -0.3 is 10.6 Å². The number of rotatable bonds is 3. The van der Waals surface area contributed by atoms with Crippen LogP contribution in [0, 0.1) is 5.41 Å². The standard InChI is InChI=1S/C13H19N3O2/c1-9(15-12(18)13(2,3)4)11(17)16-10-5-7-14-8-6-10/h5-9H,1-4H3,(H,15,18)(H,14,16,17). The van der Waals surface area contributed by atoms with Gasteiger partial charge in [0.05, 0.1) is 0 Å². The molecule has 1 heterocycles. The van der Waals surface area contributed by atoms with Crippen LogP contribution in [0.3, 0.4) is 0 Å². The molecule has 0 radical (unpaired) electrons. The summed E-state index contributed by atoms with van der Waals surface area (Å²) >= 11 is 0. The van der Waals surface area contributed by atoms with Crippen LogP contribution in [0.1, 0.15) is 27.7 Å². The maximum absolute atomic E-state index is 11.8. The Morgan fingerprint density at radius 2 is 1.78 bits per heavy atom. The highest BCUT2D eigenvalue weighted by Crippen LogP contribution is 2.13. The Bertz CT molecular complexity index is 424. The minimum absolute atomic E-state index is 0.153. The van der Waals surface area contributed by atoms with Crippen LogP contribution in [0.5, 0.6) is 0 Å². The van der Waals surface area contributed by atoms with Crippen LogP contribution in [0.15, 0.2) is 24.5 Å². The maximum atomic E-state index is 11.8. The van der Waals surface area contributed by atoms with Gasteiger partial charge in [-0.25, -0.2) is 0 Å². The van der Waals surface area contributed by atoms with E-state index < -0.39 is 11.5 Å². The van der Waals surface area contributed by atoms with Crippen molar-refractivity contribution in [3.05, 3.63) is 24.5 Å². The van der Waals surface area contributed by atoms with Crippen LogP contribution in [0.2, 0.25) is 0 Å². The van der Waals surface area contributed by atoms with Gasteiger partial charge in [-0.1, -0.05) is 20.8 Å². The lowest BCUT2D eigenvalue weighted by Crippen LogP contribution is -2.46. The van der Waals surface area contributed by atoms with Crippen molar-refractivity contribution in [1.82, 2.24) is 10.3 Å². The molecule has 0 saturated heterocycles. The number of aromatic nitrogens is 1. The number of carbonyl (C=O) groups excluding carboxylic acids is 2. The molecule has 0 aromatic carbocycles. The van der Waals surface area contributed by atoms with Crippen LogP contribution in [0.4, 0.5) is 5.69 Å². The molecular weight excluding hydrogens is 230 g/mol. The molecular formula is C13H19N3O2. The lowest BCUT2D eigenvalue weighted by molar-refractivity contribution is -0.131. The van der Waals surface area contributed by atoms with Crippen molar-refractivity contribution in [2.45, 2.75) is 33.7 Å². The molecule has 5 nitrogen and oxygen atoms in total. The van der Waals surface area contributed by atoms with Gasteiger partial charge in [-0.3, -0.25) is 14.6 Å². The average Bonchev–Trinajstić information content (AvgIpc) is 2.28. The minimum atomic E-state index is -0.579. The van der Waals surface area contributed by atoms with E-state index in [9.17, 15) is 9.59 Å². The molecule has 5 heteroatoms. The first-order valence-electron chi connectivity index (χ1n) is 5.82. The van der Waals surface area contributed by atoms with Gasteiger partial charge in [0.25, 0.3) is 0 Å². The number of pyridine rings is 1. The summed E-state index contributed by atoms with van der Waals surface area (Å²) in [6.07, 6.45) is 3.18. The molecule has 0 spiro atoms. The number of hydrogen-bond donors (Lipinski definition) is 2. The summed E-state index contributed by atoms with van der Waals surface area (Å²) in [5.74, 6) is -0.404. The second kappa shape index (κ2) is 5.62. The highest BCUT2D eigenvalue weighted by Gasteiger charge is 2.24. The number of hydrogen-bond acceptors (Lipinski definition) is 3. The van der Waals surface area contributed by atoms with E-state index in [1.807, 2.05) is 0 Å². The van der Waals surface area contributed by atoms with Crippen LogP contribution >= 0.6 is 0 Å². The Hall–Kier alpha value is -1.91. The lowest BCUT2D eigenvalue weighted by atomic mass is 9.95. The number of carbonyl (C=O) groups is 2. The fraction of sp³-hybridized carbons (Fsp3) is 0.462. The predicted molar refractivity (Wildman–Crippen MR) is 69.9 cm³/mol. The Morgan fingerprint density at radius 3 is 2.28 bits per heavy atom. The molecule has 98 valence electrons. The summed E-state index contributed by atoms with van der Waals surface area (Å²) in [6.45, 7) is 7.06. The summed E-state index contributed by atoms with van der Waals surface area (Å²) in [4.78, 5) is 27.4. The van der Waals surface area contributed by atoms with Gasteiger partial charge in [-0.15, -0.1) is 0 Å². The van der Waals surface area contributed by atoms with E-state index in [2.05, 4.69) is 15.6 Å². The number of nitrogens with one attached hydrogen (secondary N) is 2. The van der Waals surface area contributed by atoms with E-state index in [4.69, 9.17) is 0 Å². The zero-order valence-electron chi connectivity index (χ0n) is 11.2. The number of amides is 2. The first-order chi connectivity index (χ1) is 8.30. The van der Waals surface area contributed by atoms with Crippen LogP contribution in [-0.2, 0) is 9.59 Å². The summed E-state index contributed by atoms with van der Waals surface area (Å²) in [7, 11) is 0. The quantitative estimate of drug-likeness (QED) is 0.854. The number of nitrogens with zero attached hydrogens (tertiary/aromatic N) is 1. The monoisotopic (exact) mass is 249 g/mol. The summed E-state index contributed by atoms with van der Waals surface area (Å²) in [5.41, 5.74) is 0.150. The van der Waals surface area contributed by atoms with Crippen molar-refractivity contribution in [3.63, 3.8) is 0 Å². The zero-order chi connectivity index (χ0) is 13.8. The molecule has 1 unspecified atom stereocenters. The first kappa shape index (κ1) is 14.2. The SMILES string of the molecule is CC(NC(=O)C(C)(C)C)C(=O)Nc1ccncc1. The van der Waals surface area contributed by atoms with Gasteiger partial charge in [0, 0.05) is 23.5 Å². The van der Waals surface area contributed by atoms with Crippen molar-refractivity contribution < 1.29 is 9.59 Å². The van der Waals surface area contributed by atoms with Gasteiger partial charge in [0.15, 0.2) is 0 Å². The molecule has 18 heavy (non-hydrogen) atoms. The molecule has 1 rings (SSSR count). The van der Waals surface area contributed by atoms with Crippen molar-refractivity contribution in [3.8, 4) is 0 Å². The zero-order valence-corrected chi connectivity index (χ0v) is 11.2. The Balaban J connectivity index is 2.55. The van der Waals surface area contributed by atoms with Gasteiger partial charge in [-0.2, -0.15) is 0 Å². The molecule has 0 bridgehead atoms. The predicted octanol–water partition coefficient (Wildman–Crippen LogP) is 1.57. The molecule has 1 aromatic heterocycles. The van der Waals surface area contributed by atoms with Crippen molar-refractivity contribution in [2.75, 3.05) is 5.32 Å². The van der Waals surface area contributed by atoms with Crippen LogP contribution in [0.25, 0.3) is 0 Å². The summed E-state index contributed by atoms with van der Waals surface area (Å²) < 4.78 is 0. The second-order valence-corrected chi connectivity index (χ2v) is 5.17. The van der Waals surface area contributed by atoms with E-state index >= 15 is 0 Å². The van der Waals surface area contributed by atoms with E-state index in [1.54, 1.807) is 52.2 Å². The van der Waals surface area contributed by atoms with Gasteiger partial charge in [-0.05, 0) is 19.1 Å². The second-order valence-electron chi connectivity index (χ2n) is 5.17. The molecule has 0 aliphatic heterocycles. The lowest BCUT2D eigenvalue weighted by Gasteiger charge is -2.21.